The topological polar surface area (TPSA) is 131 Å². The molecule has 0 aliphatic carbocycles. The third-order valence-corrected chi connectivity index (χ3v) is 5.62. The van der Waals surface area contributed by atoms with Crippen LogP contribution in [-0.4, -0.2) is 51.3 Å². The van der Waals surface area contributed by atoms with E-state index in [1.807, 2.05) is 41.5 Å². The van der Waals surface area contributed by atoms with Gasteiger partial charge in [0.2, 0.25) is 0 Å². The fourth-order valence-corrected chi connectivity index (χ4v) is 3.41. The number of aryl methyl sites for hydroxylation is 1. The van der Waals surface area contributed by atoms with Crippen LogP contribution in [0.25, 0.3) is 5.69 Å². The Balaban J connectivity index is 1.86. The summed E-state index contributed by atoms with van der Waals surface area (Å²) >= 11 is 0. The molecule has 2 aromatic heterocycles. The number of aromatic nitrogens is 4. The van der Waals surface area contributed by atoms with Crippen LogP contribution in [0.1, 0.15) is 84.0 Å². The summed E-state index contributed by atoms with van der Waals surface area (Å²) in [5.74, 6) is -0.969. The Kier molecular flexibility index (Phi) is 7.80. The molecule has 0 aliphatic heterocycles. The molecule has 1 aromatic carbocycles. The third-order valence-electron chi connectivity index (χ3n) is 5.62. The molecular formula is C27H35N7O3. The number of hydrogen-bond acceptors (Lipinski definition) is 6. The average molecular weight is 506 g/mol. The number of pyridine rings is 1. The fourth-order valence-electron chi connectivity index (χ4n) is 3.41. The molecule has 0 radical (unpaired) electrons. The van der Waals surface area contributed by atoms with Crippen molar-refractivity contribution in [3.05, 3.63) is 64.7 Å². The highest BCUT2D eigenvalue weighted by Gasteiger charge is 2.21. The normalized spacial score (nSPS) is 11.7. The van der Waals surface area contributed by atoms with Crippen LogP contribution in [0.5, 0.6) is 0 Å². The van der Waals surface area contributed by atoms with E-state index in [0.29, 0.717) is 34.7 Å². The number of anilines is 1. The van der Waals surface area contributed by atoms with E-state index in [1.54, 1.807) is 38.2 Å². The molecule has 0 unspecified atom stereocenters. The Hall–Kier alpha value is -4.08. The van der Waals surface area contributed by atoms with Crippen molar-refractivity contribution >= 4 is 23.4 Å². The second-order valence-corrected chi connectivity index (χ2v) is 11.2. The molecule has 196 valence electrons. The van der Waals surface area contributed by atoms with E-state index in [9.17, 15) is 14.4 Å². The van der Waals surface area contributed by atoms with Gasteiger partial charge in [-0.1, -0.05) is 46.8 Å². The molecular weight excluding hydrogens is 470 g/mol. The molecule has 3 aromatic rings. The second-order valence-electron chi connectivity index (χ2n) is 11.2. The van der Waals surface area contributed by atoms with E-state index in [-0.39, 0.29) is 34.2 Å². The van der Waals surface area contributed by atoms with E-state index in [4.69, 9.17) is 0 Å². The monoisotopic (exact) mass is 505 g/mol. The highest BCUT2D eigenvalue weighted by atomic mass is 16.2. The Labute approximate surface area is 217 Å². The SMILES string of the molecule is CNC(=O)c1cc(C(=O)Nc2cnc(C)c(-n3cc(C(=O)NCC(C)(C)C)nn3)c2)cc(C(C)(C)C)c1. The largest absolute Gasteiger partial charge is 0.355 e. The van der Waals surface area contributed by atoms with E-state index < -0.39 is 0 Å². The zero-order chi connectivity index (χ0) is 27.5. The maximum Gasteiger partial charge on any atom is 0.273 e. The molecule has 3 N–H and O–H groups in total. The van der Waals surface area contributed by atoms with Crippen LogP contribution in [0.2, 0.25) is 0 Å². The highest BCUT2D eigenvalue weighted by Crippen LogP contribution is 2.26. The van der Waals surface area contributed by atoms with Crippen LogP contribution >= 0.6 is 0 Å². The lowest BCUT2D eigenvalue weighted by molar-refractivity contribution is 0.0931. The Bertz CT molecular complexity index is 1330. The summed E-state index contributed by atoms with van der Waals surface area (Å²) < 4.78 is 1.45. The van der Waals surface area contributed by atoms with Crippen molar-refractivity contribution in [2.75, 3.05) is 18.9 Å². The lowest BCUT2D eigenvalue weighted by Gasteiger charge is -2.21. The van der Waals surface area contributed by atoms with Crippen molar-refractivity contribution in [1.29, 1.82) is 0 Å². The van der Waals surface area contributed by atoms with Crippen molar-refractivity contribution < 1.29 is 14.4 Å². The minimum absolute atomic E-state index is 0.0633. The number of hydrogen-bond donors (Lipinski definition) is 3. The second kappa shape index (κ2) is 10.5. The molecule has 0 atom stereocenters. The van der Waals surface area contributed by atoms with Crippen LogP contribution in [0.4, 0.5) is 5.69 Å². The first-order chi connectivity index (χ1) is 17.2. The van der Waals surface area contributed by atoms with Crippen LogP contribution in [0.3, 0.4) is 0 Å². The number of rotatable bonds is 6. The zero-order valence-electron chi connectivity index (χ0n) is 22.7. The van der Waals surface area contributed by atoms with Crippen LogP contribution in [-0.2, 0) is 5.41 Å². The summed E-state index contributed by atoms with van der Waals surface area (Å²) in [5.41, 5.74) is 3.11. The van der Waals surface area contributed by atoms with Gasteiger partial charge in [-0.3, -0.25) is 19.4 Å². The minimum Gasteiger partial charge on any atom is -0.355 e. The first-order valence-corrected chi connectivity index (χ1v) is 12.0. The van der Waals surface area contributed by atoms with E-state index in [0.717, 1.165) is 5.56 Å². The van der Waals surface area contributed by atoms with Gasteiger partial charge in [0.1, 0.15) is 0 Å². The number of nitrogens with zero attached hydrogens (tertiary/aromatic N) is 4. The molecule has 37 heavy (non-hydrogen) atoms. The average Bonchev–Trinajstić information content (AvgIpc) is 3.32. The molecule has 0 bridgehead atoms. The summed E-state index contributed by atoms with van der Waals surface area (Å²) in [6.45, 7) is 14.4. The Morgan fingerprint density at radius 3 is 2.16 bits per heavy atom. The molecule has 0 fully saturated rings. The molecule has 0 aliphatic rings. The lowest BCUT2D eigenvalue weighted by atomic mass is 9.85. The van der Waals surface area contributed by atoms with Gasteiger partial charge in [-0.15, -0.1) is 5.10 Å². The maximum absolute atomic E-state index is 13.2. The maximum atomic E-state index is 13.2. The molecule has 2 heterocycles. The lowest BCUT2D eigenvalue weighted by Crippen LogP contribution is -2.32. The van der Waals surface area contributed by atoms with Crippen LogP contribution in [0, 0.1) is 12.3 Å². The van der Waals surface area contributed by atoms with E-state index in [1.165, 1.54) is 17.1 Å². The van der Waals surface area contributed by atoms with Crippen LogP contribution < -0.4 is 16.0 Å². The summed E-state index contributed by atoms with van der Waals surface area (Å²) in [4.78, 5) is 42.3. The number of amides is 3. The zero-order valence-corrected chi connectivity index (χ0v) is 22.7. The predicted molar refractivity (Wildman–Crippen MR) is 142 cm³/mol. The molecule has 10 heteroatoms. The van der Waals surface area contributed by atoms with Crippen molar-refractivity contribution in [3.8, 4) is 5.69 Å². The first-order valence-electron chi connectivity index (χ1n) is 12.0. The van der Waals surface area contributed by atoms with Gasteiger partial charge in [-0.2, -0.15) is 0 Å². The molecule has 0 spiro atoms. The third kappa shape index (κ3) is 6.99. The van der Waals surface area contributed by atoms with E-state index >= 15 is 0 Å². The summed E-state index contributed by atoms with van der Waals surface area (Å²) in [7, 11) is 1.55. The molecule has 0 saturated heterocycles. The predicted octanol–water partition coefficient (Wildman–Crippen LogP) is 3.66. The van der Waals surface area contributed by atoms with Gasteiger partial charge in [0.05, 0.1) is 29.5 Å². The number of carbonyl (C=O) groups excluding carboxylic acids is 3. The fraction of sp³-hybridized carbons (Fsp3) is 0.407. The molecule has 3 rings (SSSR count). The van der Waals surface area contributed by atoms with Gasteiger partial charge in [0.15, 0.2) is 5.69 Å². The van der Waals surface area contributed by atoms with Gasteiger partial charge in [-0.05, 0) is 47.6 Å². The number of benzene rings is 1. The smallest absolute Gasteiger partial charge is 0.273 e. The summed E-state index contributed by atoms with van der Waals surface area (Å²) in [6, 6.07) is 6.84. The number of nitrogens with one attached hydrogen (secondary N) is 3. The van der Waals surface area contributed by atoms with Crippen molar-refractivity contribution in [1.82, 2.24) is 30.6 Å². The molecule has 10 nitrogen and oxygen atoms in total. The highest BCUT2D eigenvalue weighted by molar-refractivity contribution is 6.06. The number of carbonyl (C=O) groups is 3. The first kappa shape index (κ1) is 27.5. The summed E-state index contributed by atoms with van der Waals surface area (Å²) in [5, 5.41) is 16.4. The van der Waals surface area contributed by atoms with Crippen LogP contribution in [0.15, 0.2) is 36.7 Å². The quantitative estimate of drug-likeness (QED) is 0.469. The van der Waals surface area contributed by atoms with Gasteiger partial charge in [0, 0.05) is 24.7 Å². The standard InChI is InChI=1S/C27H35N7O3/c1-16-22(34-14-21(32-33-34)25(37)30-15-26(2,3)4)12-20(13-29-16)31-24(36)18-9-17(23(35)28-8)10-19(11-18)27(5,6)7/h9-14H,15H2,1-8H3,(H,28,35)(H,30,37)(H,31,36). The van der Waals surface area contributed by atoms with Crippen molar-refractivity contribution in [2.24, 2.45) is 5.41 Å². The Morgan fingerprint density at radius 1 is 0.919 bits per heavy atom. The van der Waals surface area contributed by atoms with Gasteiger partial charge in [0.25, 0.3) is 17.7 Å². The van der Waals surface area contributed by atoms with E-state index in [2.05, 4.69) is 31.2 Å². The van der Waals surface area contributed by atoms with Gasteiger partial charge >= 0.3 is 0 Å². The summed E-state index contributed by atoms with van der Waals surface area (Å²) in [6.07, 6.45) is 3.06. The van der Waals surface area contributed by atoms with Gasteiger partial charge in [-0.25, -0.2) is 4.68 Å². The van der Waals surface area contributed by atoms with Crippen molar-refractivity contribution in [2.45, 2.75) is 53.9 Å². The van der Waals surface area contributed by atoms with Gasteiger partial charge < -0.3 is 16.0 Å². The molecule has 0 saturated carbocycles. The molecule has 3 amide bonds. The van der Waals surface area contributed by atoms with Crippen molar-refractivity contribution in [3.63, 3.8) is 0 Å². The Morgan fingerprint density at radius 2 is 1.57 bits per heavy atom. The minimum atomic E-state index is -0.381.